The maximum absolute atomic E-state index is 10.5. The standard InChI is InChI=1S/C8H10NO2/c1-6(2)11-7-3-4-8(10)9-5-7/h3-6H,1-2H3. The van der Waals surface area contributed by atoms with Crippen LogP contribution in [0.4, 0.5) is 0 Å². The van der Waals surface area contributed by atoms with Gasteiger partial charge in [-0.1, -0.05) is 0 Å². The Morgan fingerprint density at radius 3 is 2.64 bits per heavy atom. The van der Waals surface area contributed by atoms with Crippen molar-refractivity contribution >= 4 is 0 Å². The molecule has 0 bridgehead atoms. The van der Waals surface area contributed by atoms with Gasteiger partial charge in [-0.15, -0.1) is 0 Å². The highest BCUT2D eigenvalue weighted by Gasteiger charge is 1.97. The van der Waals surface area contributed by atoms with Gasteiger partial charge < -0.3 is 4.74 Å². The molecule has 3 heteroatoms. The Morgan fingerprint density at radius 1 is 1.45 bits per heavy atom. The van der Waals surface area contributed by atoms with Gasteiger partial charge in [-0.05, 0) is 19.9 Å². The van der Waals surface area contributed by atoms with Crippen molar-refractivity contribution in [1.82, 2.24) is 4.98 Å². The van der Waals surface area contributed by atoms with E-state index in [1.165, 1.54) is 12.3 Å². The SMILES string of the molecule is CC(C)Oc1ccc([O])nc1. The van der Waals surface area contributed by atoms with E-state index in [2.05, 4.69) is 4.98 Å². The molecule has 11 heavy (non-hydrogen) atoms. The Kier molecular flexibility index (Phi) is 2.31. The summed E-state index contributed by atoms with van der Waals surface area (Å²) in [5.41, 5.74) is 0. The molecule has 0 aromatic carbocycles. The number of ether oxygens (including phenoxy) is 1. The summed E-state index contributed by atoms with van der Waals surface area (Å²) in [7, 11) is 0. The van der Waals surface area contributed by atoms with Gasteiger partial charge in [0.1, 0.15) is 5.75 Å². The molecule has 1 heterocycles. The number of aromatic nitrogens is 1. The first-order valence-electron chi connectivity index (χ1n) is 3.48. The maximum atomic E-state index is 10.5. The molecule has 1 radical (unpaired) electrons. The quantitative estimate of drug-likeness (QED) is 0.650. The molecule has 0 fully saturated rings. The van der Waals surface area contributed by atoms with E-state index in [0.29, 0.717) is 5.75 Å². The molecule has 3 nitrogen and oxygen atoms in total. The number of hydrogen-bond acceptors (Lipinski definition) is 2. The molecule has 0 saturated carbocycles. The summed E-state index contributed by atoms with van der Waals surface area (Å²) < 4.78 is 5.27. The largest absolute Gasteiger partial charge is 0.489 e. The molecule has 1 aromatic rings. The minimum Gasteiger partial charge on any atom is -0.489 e. The van der Waals surface area contributed by atoms with Gasteiger partial charge in [0.2, 0.25) is 0 Å². The van der Waals surface area contributed by atoms with Gasteiger partial charge in [-0.2, -0.15) is 0 Å². The van der Waals surface area contributed by atoms with Crippen LogP contribution in [0.25, 0.3) is 0 Å². The van der Waals surface area contributed by atoms with Crippen molar-refractivity contribution in [3.8, 4) is 11.6 Å². The highest BCUT2D eigenvalue weighted by Crippen LogP contribution is 2.13. The van der Waals surface area contributed by atoms with E-state index in [-0.39, 0.29) is 12.0 Å². The van der Waals surface area contributed by atoms with Gasteiger partial charge in [0, 0.05) is 6.07 Å². The predicted molar refractivity (Wildman–Crippen MR) is 40.1 cm³/mol. The fraction of sp³-hybridized carbons (Fsp3) is 0.375. The van der Waals surface area contributed by atoms with Crippen molar-refractivity contribution in [3.63, 3.8) is 0 Å². The lowest BCUT2D eigenvalue weighted by Gasteiger charge is -2.07. The Hall–Kier alpha value is -1.25. The van der Waals surface area contributed by atoms with Crippen molar-refractivity contribution in [3.05, 3.63) is 18.3 Å². The normalized spacial score (nSPS) is 10.1. The van der Waals surface area contributed by atoms with Crippen LogP contribution in [0.2, 0.25) is 0 Å². The van der Waals surface area contributed by atoms with Crippen LogP contribution in [-0.2, 0) is 5.11 Å². The van der Waals surface area contributed by atoms with Gasteiger partial charge >= 0.3 is 0 Å². The Bertz CT molecular complexity index is 218. The van der Waals surface area contributed by atoms with E-state index < -0.39 is 0 Å². The molecule has 1 rings (SSSR count). The van der Waals surface area contributed by atoms with Crippen molar-refractivity contribution in [2.24, 2.45) is 0 Å². The lowest BCUT2D eigenvalue weighted by molar-refractivity contribution is 0.240. The summed E-state index contributed by atoms with van der Waals surface area (Å²) in [6, 6.07) is 3.01. The van der Waals surface area contributed by atoms with Crippen LogP contribution < -0.4 is 4.74 Å². The molecule has 1 aromatic heterocycles. The van der Waals surface area contributed by atoms with Crippen molar-refractivity contribution in [1.29, 1.82) is 0 Å². The first-order chi connectivity index (χ1) is 5.18. The third-order valence-electron chi connectivity index (χ3n) is 1.08. The van der Waals surface area contributed by atoms with Gasteiger partial charge in [0.15, 0.2) is 0 Å². The van der Waals surface area contributed by atoms with E-state index in [4.69, 9.17) is 4.74 Å². The fourth-order valence-electron chi connectivity index (χ4n) is 0.709. The van der Waals surface area contributed by atoms with E-state index in [1.807, 2.05) is 13.8 Å². The van der Waals surface area contributed by atoms with Gasteiger partial charge in [-0.25, -0.2) is 4.98 Å². The lowest BCUT2D eigenvalue weighted by atomic mass is 10.4. The van der Waals surface area contributed by atoms with Gasteiger partial charge in [0.25, 0.3) is 5.88 Å². The monoisotopic (exact) mass is 152 g/mol. The van der Waals surface area contributed by atoms with E-state index in [0.717, 1.165) is 0 Å². The molecule has 59 valence electrons. The van der Waals surface area contributed by atoms with Crippen LogP contribution in [0.15, 0.2) is 18.3 Å². The Labute approximate surface area is 65.7 Å². The second kappa shape index (κ2) is 3.23. The van der Waals surface area contributed by atoms with Crippen LogP contribution in [0.3, 0.4) is 0 Å². The lowest BCUT2D eigenvalue weighted by Crippen LogP contribution is -2.05. The minimum absolute atomic E-state index is 0.120. The minimum atomic E-state index is -0.235. The zero-order valence-corrected chi connectivity index (χ0v) is 6.57. The van der Waals surface area contributed by atoms with E-state index >= 15 is 0 Å². The summed E-state index contributed by atoms with van der Waals surface area (Å²) in [4.78, 5) is 3.55. The zero-order valence-electron chi connectivity index (χ0n) is 6.57. The summed E-state index contributed by atoms with van der Waals surface area (Å²) in [5, 5.41) is 10.5. The van der Waals surface area contributed by atoms with Crippen molar-refractivity contribution in [2.75, 3.05) is 0 Å². The summed E-state index contributed by atoms with van der Waals surface area (Å²) >= 11 is 0. The predicted octanol–water partition coefficient (Wildman–Crippen LogP) is 2.01. The topological polar surface area (TPSA) is 42.0 Å². The molecule has 0 N–H and O–H groups in total. The average Bonchev–Trinajstić information content (AvgIpc) is 1.93. The third kappa shape index (κ3) is 2.45. The first kappa shape index (κ1) is 7.85. The summed E-state index contributed by atoms with van der Waals surface area (Å²) in [6.07, 6.45) is 1.55. The third-order valence-corrected chi connectivity index (χ3v) is 1.08. The smallest absolute Gasteiger partial charge is 0.269 e. The highest BCUT2D eigenvalue weighted by atomic mass is 16.5. The number of pyridine rings is 1. The zero-order chi connectivity index (χ0) is 8.27. The van der Waals surface area contributed by atoms with Crippen LogP contribution in [0, 0.1) is 0 Å². The van der Waals surface area contributed by atoms with Crippen LogP contribution >= 0.6 is 0 Å². The molecule has 0 aliphatic carbocycles. The number of nitrogens with zero attached hydrogens (tertiary/aromatic N) is 1. The van der Waals surface area contributed by atoms with Crippen molar-refractivity contribution < 1.29 is 9.84 Å². The molecule has 0 aliphatic rings. The maximum Gasteiger partial charge on any atom is 0.269 e. The van der Waals surface area contributed by atoms with Gasteiger partial charge in [-0.3, -0.25) is 5.11 Å². The Morgan fingerprint density at radius 2 is 2.18 bits per heavy atom. The molecule has 0 atom stereocenters. The molecule has 0 amide bonds. The first-order valence-corrected chi connectivity index (χ1v) is 3.48. The van der Waals surface area contributed by atoms with Crippen LogP contribution in [-0.4, -0.2) is 11.1 Å². The molecular formula is C8H10NO2. The molecule has 0 aliphatic heterocycles. The summed E-state index contributed by atoms with van der Waals surface area (Å²) in [6.45, 7) is 3.84. The molecule has 0 saturated heterocycles. The second-order valence-corrected chi connectivity index (χ2v) is 2.50. The molecule has 0 unspecified atom stereocenters. The average molecular weight is 152 g/mol. The van der Waals surface area contributed by atoms with Crippen molar-refractivity contribution in [2.45, 2.75) is 20.0 Å². The number of rotatable bonds is 2. The Balaban J connectivity index is 2.66. The second-order valence-electron chi connectivity index (χ2n) is 2.50. The summed E-state index contributed by atoms with van der Waals surface area (Å²) in [5.74, 6) is 0.403. The van der Waals surface area contributed by atoms with E-state index in [1.54, 1.807) is 6.07 Å². The highest BCUT2D eigenvalue weighted by molar-refractivity contribution is 5.21. The van der Waals surface area contributed by atoms with Crippen LogP contribution in [0.1, 0.15) is 13.8 Å². The fourth-order valence-corrected chi connectivity index (χ4v) is 0.709. The van der Waals surface area contributed by atoms with Crippen LogP contribution in [0.5, 0.6) is 11.6 Å². The molecular weight excluding hydrogens is 142 g/mol. The number of hydrogen-bond donors (Lipinski definition) is 0. The molecule has 0 spiro atoms. The van der Waals surface area contributed by atoms with Gasteiger partial charge in [0.05, 0.1) is 12.3 Å². The van der Waals surface area contributed by atoms with E-state index in [9.17, 15) is 5.11 Å².